The summed E-state index contributed by atoms with van der Waals surface area (Å²) in [6.07, 6.45) is 0. The summed E-state index contributed by atoms with van der Waals surface area (Å²) in [6, 6.07) is 16.2. The van der Waals surface area contributed by atoms with Gasteiger partial charge in [0, 0.05) is 35.7 Å². The summed E-state index contributed by atoms with van der Waals surface area (Å²) in [5.41, 5.74) is 3.44. The molecule has 0 radical (unpaired) electrons. The zero-order valence-electron chi connectivity index (χ0n) is 10.7. The fourth-order valence-electron chi connectivity index (χ4n) is 2.46. The Kier molecular flexibility index (Phi) is 2.86. The van der Waals surface area contributed by atoms with E-state index in [2.05, 4.69) is 27.1 Å². The largest absolute Gasteiger partial charge is 0.316 e. The van der Waals surface area contributed by atoms with Gasteiger partial charge < -0.3 is 8.87 Å². The number of fused-ring (bicyclic) bond motifs is 3. The van der Waals surface area contributed by atoms with E-state index >= 15 is 0 Å². The summed E-state index contributed by atoms with van der Waals surface area (Å²) in [5.74, 6) is 0. The molecule has 0 saturated carbocycles. The van der Waals surface area contributed by atoms with Crippen molar-refractivity contribution >= 4 is 40.3 Å². The maximum atomic E-state index is 5.94. The van der Waals surface area contributed by atoms with Crippen LogP contribution in [0.15, 0.2) is 53.7 Å². The van der Waals surface area contributed by atoms with E-state index in [-0.39, 0.29) is 0 Å². The van der Waals surface area contributed by atoms with Crippen LogP contribution in [0, 0.1) is 0 Å². The van der Waals surface area contributed by atoms with Crippen LogP contribution in [-0.4, -0.2) is 16.1 Å². The highest BCUT2D eigenvalue weighted by atomic mass is 35.5. The van der Waals surface area contributed by atoms with Gasteiger partial charge in [-0.15, -0.1) is 0 Å². The highest BCUT2D eigenvalue weighted by Gasteiger charge is 2.21. The van der Waals surface area contributed by atoms with E-state index in [0.717, 1.165) is 34.5 Å². The Balaban J connectivity index is 1.71. The standard InChI is InChI=1S/C15H12ClN3S/c16-11-5-7-12(8-6-11)19-10-9-18-14-4-2-1-3-13(14)17-15(18)20-19/h1-8H,9-10H2. The second-order valence-corrected chi connectivity index (χ2v) is 6.13. The van der Waals surface area contributed by atoms with E-state index < -0.39 is 0 Å². The molecule has 5 heteroatoms. The van der Waals surface area contributed by atoms with Gasteiger partial charge in [0.2, 0.25) is 0 Å². The van der Waals surface area contributed by atoms with E-state index in [9.17, 15) is 0 Å². The Hall–Kier alpha value is -1.65. The first-order chi connectivity index (χ1) is 9.81. The summed E-state index contributed by atoms with van der Waals surface area (Å²) >= 11 is 7.63. The van der Waals surface area contributed by atoms with E-state index in [1.54, 1.807) is 11.9 Å². The molecule has 20 heavy (non-hydrogen) atoms. The number of anilines is 1. The van der Waals surface area contributed by atoms with Gasteiger partial charge in [-0.1, -0.05) is 23.7 Å². The number of hydrogen-bond acceptors (Lipinski definition) is 3. The minimum atomic E-state index is 0.767. The first-order valence-corrected chi connectivity index (χ1v) is 7.63. The smallest absolute Gasteiger partial charge is 0.190 e. The summed E-state index contributed by atoms with van der Waals surface area (Å²) in [7, 11) is 0. The van der Waals surface area contributed by atoms with Crippen LogP contribution >= 0.6 is 23.5 Å². The lowest BCUT2D eigenvalue weighted by atomic mass is 10.3. The lowest BCUT2D eigenvalue weighted by Crippen LogP contribution is -2.26. The molecule has 0 N–H and O–H groups in total. The van der Waals surface area contributed by atoms with Gasteiger partial charge in [0.05, 0.1) is 11.0 Å². The molecule has 1 aromatic heterocycles. The Morgan fingerprint density at radius 1 is 1.00 bits per heavy atom. The van der Waals surface area contributed by atoms with Crippen molar-refractivity contribution in [1.29, 1.82) is 0 Å². The number of halogens is 1. The molecule has 0 spiro atoms. The van der Waals surface area contributed by atoms with Crippen molar-refractivity contribution in [2.75, 3.05) is 10.8 Å². The molecule has 2 heterocycles. The molecule has 0 fully saturated rings. The van der Waals surface area contributed by atoms with Gasteiger partial charge in [0.1, 0.15) is 0 Å². The topological polar surface area (TPSA) is 21.1 Å². The molecule has 4 rings (SSSR count). The molecule has 0 saturated heterocycles. The zero-order chi connectivity index (χ0) is 13.5. The molecule has 2 aromatic carbocycles. The third-order valence-electron chi connectivity index (χ3n) is 3.45. The molecular formula is C15H12ClN3S. The lowest BCUT2D eigenvalue weighted by Gasteiger charge is -2.28. The predicted octanol–water partition coefficient (Wildman–Crippen LogP) is 4.22. The average Bonchev–Trinajstić information content (AvgIpc) is 2.85. The Morgan fingerprint density at radius 2 is 1.80 bits per heavy atom. The number of imidazole rings is 1. The Morgan fingerprint density at radius 3 is 2.65 bits per heavy atom. The third-order valence-corrected chi connectivity index (χ3v) is 4.79. The van der Waals surface area contributed by atoms with Gasteiger partial charge in [-0.25, -0.2) is 4.98 Å². The Labute approximate surface area is 126 Å². The molecule has 0 aliphatic carbocycles. The summed E-state index contributed by atoms with van der Waals surface area (Å²) in [4.78, 5) is 4.70. The second-order valence-electron chi connectivity index (χ2n) is 4.70. The number of aromatic nitrogens is 2. The predicted molar refractivity (Wildman–Crippen MR) is 84.4 cm³/mol. The fraction of sp³-hybridized carbons (Fsp3) is 0.133. The SMILES string of the molecule is Clc1ccc(N2CCn3c(nc4ccccc43)S2)cc1. The monoisotopic (exact) mass is 301 g/mol. The molecule has 0 bridgehead atoms. The van der Waals surface area contributed by atoms with Gasteiger partial charge in [-0.05, 0) is 36.4 Å². The van der Waals surface area contributed by atoms with Crippen LogP contribution in [0.5, 0.6) is 0 Å². The maximum Gasteiger partial charge on any atom is 0.190 e. The van der Waals surface area contributed by atoms with Gasteiger partial charge in [-0.2, -0.15) is 0 Å². The van der Waals surface area contributed by atoms with Gasteiger partial charge in [0.15, 0.2) is 5.16 Å². The molecular weight excluding hydrogens is 290 g/mol. The summed E-state index contributed by atoms with van der Waals surface area (Å²) in [6.45, 7) is 1.91. The number of para-hydroxylation sites is 2. The number of rotatable bonds is 1. The molecule has 100 valence electrons. The van der Waals surface area contributed by atoms with E-state index in [1.807, 2.05) is 30.3 Å². The minimum absolute atomic E-state index is 0.767. The van der Waals surface area contributed by atoms with Crippen LogP contribution in [0.3, 0.4) is 0 Å². The fourth-order valence-corrected chi connectivity index (χ4v) is 3.61. The third kappa shape index (κ3) is 1.96. The van der Waals surface area contributed by atoms with Crippen molar-refractivity contribution in [3.05, 3.63) is 53.6 Å². The van der Waals surface area contributed by atoms with Crippen molar-refractivity contribution in [2.45, 2.75) is 11.7 Å². The molecule has 0 amide bonds. The van der Waals surface area contributed by atoms with Crippen molar-refractivity contribution < 1.29 is 0 Å². The molecule has 0 atom stereocenters. The zero-order valence-corrected chi connectivity index (χ0v) is 12.2. The molecule has 0 unspecified atom stereocenters. The quantitative estimate of drug-likeness (QED) is 0.628. The molecule has 3 aromatic rings. The van der Waals surface area contributed by atoms with Crippen LogP contribution in [0.25, 0.3) is 11.0 Å². The van der Waals surface area contributed by atoms with E-state index in [0.29, 0.717) is 0 Å². The van der Waals surface area contributed by atoms with Gasteiger partial charge in [-0.3, -0.25) is 0 Å². The van der Waals surface area contributed by atoms with Crippen LogP contribution in [0.4, 0.5) is 5.69 Å². The van der Waals surface area contributed by atoms with E-state index in [4.69, 9.17) is 16.6 Å². The summed E-state index contributed by atoms with van der Waals surface area (Å²) in [5, 5.41) is 1.82. The minimum Gasteiger partial charge on any atom is -0.316 e. The number of benzene rings is 2. The van der Waals surface area contributed by atoms with Crippen LogP contribution in [-0.2, 0) is 6.54 Å². The Bertz CT molecular complexity index is 766. The van der Waals surface area contributed by atoms with E-state index in [1.165, 1.54) is 5.52 Å². The van der Waals surface area contributed by atoms with Crippen molar-refractivity contribution in [3.8, 4) is 0 Å². The molecule has 3 nitrogen and oxygen atoms in total. The first-order valence-electron chi connectivity index (χ1n) is 6.47. The maximum absolute atomic E-state index is 5.94. The van der Waals surface area contributed by atoms with Crippen molar-refractivity contribution in [2.24, 2.45) is 0 Å². The second kappa shape index (κ2) is 4.72. The van der Waals surface area contributed by atoms with Crippen LogP contribution in [0.1, 0.15) is 0 Å². The lowest BCUT2D eigenvalue weighted by molar-refractivity contribution is 0.644. The average molecular weight is 302 g/mol. The van der Waals surface area contributed by atoms with Crippen molar-refractivity contribution in [1.82, 2.24) is 9.55 Å². The highest BCUT2D eigenvalue weighted by molar-refractivity contribution is 8.00. The number of nitrogens with zero attached hydrogens (tertiary/aromatic N) is 3. The normalized spacial score (nSPS) is 14.6. The highest BCUT2D eigenvalue weighted by Crippen LogP contribution is 2.34. The molecule has 1 aliphatic heterocycles. The van der Waals surface area contributed by atoms with Crippen LogP contribution in [0.2, 0.25) is 5.02 Å². The van der Waals surface area contributed by atoms with Gasteiger partial charge >= 0.3 is 0 Å². The molecule has 1 aliphatic rings. The first kappa shape index (κ1) is 12.1. The number of hydrogen-bond donors (Lipinski definition) is 0. The van der Waals surface area contributed by atoms with Crippen molar-refractivity contribution in [3.63, 3.8) is 0 Å². The van der Waals surface area contributed by atoms with Crippen LogP contribution < -0.4 is 4.31 Å². The summed E-state index contributed by atoms with van der Waals surface area (Å²) < 4.78 is 4.55. The van der Waals surface area contributed by atoms with Gasteiger partial charge in [0.25, 0.3) is 0 Å².